The Hall–Kier alpha value is -3.55. The highest BCUT2D eigenvalue weighted by Gasteiger charge is 2.32. The minimum Gasteiger partial charge on any atom is -0.477 e. The number of hydrogen-bond acceptors (Lipinski definition) is 5. The van der Waals surface area contributed by atoms with Crippen LogP contribution in [0.1, 0.15) is 33.6 Å². The van der Waals surface area contributed by atoms with Crippen LogP contribution in [-0.4, -0.2) is 43.0 Å². The van der Waals surface area contributed by atoms with Gasteiger partial charge in [-0.1, -0.05) is 26.0 Å². The summed E-state index contributed by atoms with van der Waals surface area (Å²) in [5.41, 5.74) is 2.05. The van der Waals surface area contributed by atoms with Gasteiger partial charge in [-0.25, -0.2) is 0 Å². The van der Waals surface area contributed by atoms with E-state index < -0.39 is 6.10 Å². The third-order valence-electron chi connectivity index (χ3n) is 5.31. The van der Waals surface area contributed by atoms with Crippen LogP contribution in [0.25, 0.3) is 0 Å². The van der Waals surface area contributed by atoms with Crippen molar-refractivity contribution in [3.05, 3.63) is 48.5 Å². The van der Waals surface area contributed by atoms with E-state index in [1.165, 1.54) is 6.92 Å². The second-order valence-electron chi connectivity index (χ2n) is 7.78. The molecule has 0 radical (unpaired) electrons. The van der Waals surface area contributed by atoms with Crippen LogP contribution in [-0.2, 0) is 14.4 Å². The van der Waals surface area contributed by atoms with Crippen molar-refractivity contribution in [2.75, 3.05) is 28.6 Å². The molecule has 2 aromatic carbocycles. The van der Waals surface area contributed by atoms with E-state index >= 15 is 0 Å². The summed E-state index contributed by atoms with van der Waals surface area (Å²) in [5, 5.41) is 8.58. The molecule has 0 saturated heterocycles. The molecule has 170 valence electrons. The van der Waals surface area contributed by atoms with Crippen LogP contribution in [0.4, 0.5) is 17.1 Å². The Bertz CT molecular complexity index is 957. The zero-order valence-corrected chi connectivity index (χ0v) is 18.7. The SMILES string of the molecule is CCC(CC)NC(=O)C1CN(CC(=O)Nc2ccc(NC(C)=O)cc2)c2ccccc2O1. The van der Waals surface area contributed by atoms with Gasteiger partial charge >= 0.3 is 0 Å². The maximum absolute atomic E-state index is 12.8. The molecule has 0 aliphatic carbocycles. The number of rotatable bonds is 8. The molecule has 8 heteroatoms. The molecule has 1 unspecified atom stereocenters. The van der Waals surface area contributed by atoms with E-state index in [0.29, 0.717) is 17.1 Å². The van der Waals surface area contributed by atoms with Crippen molar-refractivity contribution in [1.82, 2.24) is 5.32 Å². The Kier molecular flexibility index (Phi) is 7.70. The van der Waals surface area contributed by atoms with E-state index in [-0.39, 0.29) is 36.9 Å². The average Bonchev–Trinajstić information content (AvgIpc) is 2.78. The molecule has 0 fully saturated rings. The number of carbonyl (C=O) groups is 3. The van der Waals surface area contributed by atoms with Crippen molar-refractivity contribution in [3.8, 4) is 5.75 Å². The quantitative estimate of drug-likeness (QED) is 0.588. The van der Waals surface area contributed by atoms with Crippen LogP contribution in [0.2, 0.25) is 0 Å². The third kappa shape index (κ3) is 6.00. The van der Waals surface area contributed by atoms with Gasteiger partial charge in [0, 0.05) is 24.3 Å². The molecule has 1 heterocycles. The molecule has 3 amide bonds. The number of nitrogens with zero attached hydrogens (tertiary/aromatic N) is 1. The van der Waals surface area contributed by atoms with Gasteiger partial charge in [0.1, 0.15) is 5.75 Å². The number of hydrogen-bond donors (Lipinski definition) is 3. The van der Waals surface area contributed by atoms with Gasteiger partial charge in [-0.2, -0.15) is 0 Å². The summed E-state index contributed by atoms with van der Waals surface area (Å²) in [4.78, 5) is 38.5. The Morgan fingerprint density at radius 2 is 1.62 bits per heavy atom. The van der Waals surface area contributed by atoms with Gasteiger partial charge in [-0.15, -0.1) is 0 Å². The van der Waals surface area contributed by atoms with Gasteiger partial charge in [0.25, 0.3) is 5.91 Å². The van der Waals surface area contributed by atoms with E-state index in [1.54, 1.807) is 30.3 Å². The highest BCUT2D eigenvalue weighted by atomic mass is 16.5. The summed E-state index contributed by atoms with van der Waals surface area (Å²) in [6.45, 7) is 5.85. The van der Waals surface area contributed by atoms with Gasteiger partial charge < -0.3 is 25.6 Å². The summed E-state index contributed by atoms with van der Waals surface area (Å²) in [6, 6.07) is 14.4. The molecule has 8 nitrogen and oxygen atoms in total. The normalized spacial score (nSPS) is 14.9. The summed E-state index contributed by atoms with van der Waals surface area (Å²) in [7, 11) is 0. The molecule has 1 atom stereocenters. The van der Waals surface area contributed by atoms with E-state index in [4.69, 9.17) is 4.74 Å². The van der Waals surface area contributed by atoms with Gasteiger partial charge in [0.05, 0.1) is 18.8 Å². The molecule has 1 aliphatic rings. The highest BCUT2D eigenvalue weighted by Crippen LogP contribution is 2.33. The van der Waals surface area contributed by atoms with Crippen LogP contribution in [0.5, 0.6) is 5.75 Å². The molecule has 0 bridgehead atoms. The topological polar surface area (TPSA) is 99.8 Å². The van der Waals surface area contributed by atoms with Crippen LogP contribution < -0.4 is 25.6 Å². The second-order valence-corrected chi connectivity index (χ2v) is 7.78. The van der Waals surface area contributed by atoms with Crippen LogP contribution in [0.15, 0.2) is 48.5 Å². The van der Waals surface area contributed by atoms with E-state index in [0.717, 1.165) is 18.5 Å². The maximum atomic E-state index is 12.8. The first-order chi connectivity index (χ1) is 15.4. The Morgan fingerprint density at radius 1 is 1.00 bits per heavy atom. The van der Waals surface area contributed by atoms with Gasteiger partial charge in [-0.05, 0) is 49.2 Å². The fourth-order valence-corrected chi connectivity index (χ4v) is 3.59. The lowest BCUT2D eigenvalue weighted by Crippen LogP contribution is -2.52. The average molecular weight is 439 g/mol. The predicted octanol–water partition coefficient (Wildman–Crippen LogP) is 3.16. The Morgan fingerprint density at radius 3 is 2.25 bits per heavy atom. The summed E-state index contributed by atoms with van der Waals surface area (Å²) >= 11 is 0. The molecular weight excluding hydrogens is 408 g/mol. The molecule has 3 rings (SSSR count). The summed E-state index contributed by atoms with van der Waals surface area (Å²) < 4.78 is 5.94. The van der Waals surface area contributed by atoms with Gasteiger partial charge in [0.15, 0.2) is 6.10 Å². The standard InChI is InChI=1S/C24H30N4O4/c1-4-17(5-2)27-24(31)22-14-28(20-8-6-7-9-21(20)32-22)15-23(30)26-19-12-10-18(11-13-19)25-16(3)29/h6-13,17,22H,4-5,14-15H2,1-3H3,(H,25,29)(H,26,30)(H,27,31). The first-order valence-corrected chi connectivity index (χ1v) is 10.9. The zero-order valence-electron chi connectivity index (χ0n) is 18.7. The first-order valence-electron chi connectivity index (χ1n) is 10.9. The van der Waals surface area contributed by atoms with Crippen molar-refractivity contribution in [1.29, 1.82) is 0 Å². The lowest BCUT2D eigenvalue weighted by atomic mass is 10.1. The zero-order chi connectivity index (χ0) is 23.1. The number of anilines is 3. The summed E-state index contributed by atoms with van der Waals surface area (Å²) in [6.07, 6.45) is 0.992. The van der Waals surface area contributed by atoms with Crippen molar-refractivity contribution < 1.29 is 19.1 Å². The number of para-hydroxylation sites is 2. The van der Waals surface area contributed by atoms with Crippen molar-refractivity contribution in [2.24, 2.45) is 0 Å². The van der Waals surface area contributed by atoms with E-state index in [9.17, 15) is 14.4 Å². The smallest absolute Gasteiger partial charge is 0.263 e. The molecular formula is C24H30N4O4. The van der Waals surface area contributed by atoms with Crippen LogP contribution in [0, 0.1) is 0 Å². The van der Waals surface area contributed by atoms with Crippen molar-refractivity contribution in [3.63, 3.8) is 0 Å². The number of amides is 3. The largest absolute Gasteiger partial charge is 0.477 e. The second kappa shape index (κ2) is 10.7. The molecule has 32 heavy (non-hydrogen) atoms. The monoisotopic (exact) mass is 438 g/mol. The molecule has 2 aromatic rings. The Labute approximate surface area is 188 Å². The molecule has 1 aliphatic heterocycles. The van der Waals surface area contributed by atoms with Gasteiger partial charge in [0.2, 0.25) is 11.8 Å². The van der Waals surface area contributed by atoms with E-state index in [2.05, 4.69) is 16.0 Å². The fourth-order valence-electron chi connectivity index (χ4n) is 3.59. The molecule has 0 aromatic heterocycles. The molecule has 0 saturated carbocycles. The van der Waals surface area contributed by atoms with Crippen LogP contribution >= 0.6 is 0 Å². The lowest BCUT2D eigenvalue weighted by molar-refractivity contribution is -0.129. The Balaban J connectivity index is 1.68. The predicted molar refractivity (Wildman–Crippen MR) is 125 cm³/mol. The molecule has 0 spiro atoms. The first kappa shape index (κ1) is 23.1. The number of benzene rings is 2. The van der Waals surface area contributed by atoms with E-state index in [1.807, 2.05) is 36.9 Å². The lowest BCUT2D eigenvalue weighted by Gasteiger charge is -2.35. The van der Waals surface area contributed by atoms with Crippen LogP contribution in [0.3, 0.4) is 0 Å². The van der Waals surface area contributed by atoms with Crippen molar-refractivity contribution >= 4 is 34.8 Å². The number of nitrogens with one attached hydrogen (secondary N) is 3. The van der Waals surface area contributed by atoms with Gasteiger partial charge in [-0.3, -0.25) is 14.4 Å². The van der Waals surface area contributed by atoms with Crippen molar-refractivity contribution in [2.45, 2.75) is 45.8 Å². The highest BCUT2D eigenvalue weighted by molar-refractivity contribution is 5.95. The minimum atomic E-state index is -0.699. The minimum absolute atomic E-state index is 0.0720. The molecule has 3 N–H and O–H groups in total. The maximum Gasteiger partial charge on any atom is 0.263 e. The fraction of sp³-hybridized carbons (Fsp3) is 0.375. The number of fused-ring (bicyclic) bond motifs is 1. The number of carbonyl (C=O) groups excluding carboxylic acids is 3. The third-order valence-corrected chi connectivity index (χ3v) is 5.31. The number of ether oxygens (including phenoxy) is 1. The summed E-state index contributed by atoms with van der Waals surface area (Å²) in [5.74, 6) is 0.0340.